The molecule has 6 nitrogen and oxygen atoms in total. The van der Waals surface area contributed by atoms with Crippen LogP contribution in [0.5, 0.6) is 0 Å². The molecule has 2 heterocycles. The zero-order chi connectivity index (χ0) is 20.7. The first-order valence-electron chi connectivity index (χ1n) is 8.80. The van der Waals surface area contributed by atoms with E-state index in [0.29, 0.717) is 38.9 Å². The number of carbonyl (C=O) groups is 1. The number of carbonyl (C=O) groups excluding carboxylic acids is 1. The molecule has 0 atom stereocenters. The summed E-state index contributed by atoms with van der Waals surface area (Å²) in [5, 5.41) is 9.34. The smallest absolute Gasteiger partial charge is 0.280 e. The molecule has 0 radical (unpaired) electrons. The molecule has 3 aromatic rings. The lowest BCUT2D eigenvalue weighted by Crippen LogP contribution is -2.21. The average molecular weight is 472 g/mol. The predicted molar refractivity (Wildman–Crippen MR) is 119 cm³/mol. The molecule has 29 heavy (non-hydrogen) atoms. The molecule has 1 aliphatic heterocycles. The molecule has 1 amide bonds. The highest BCUT2D eigenvalue weighted by molar-refractivity contribution is 9.10. The molecule has 1 aliphatic rings. The molecule has 8 heteroatoms. The fraction of sp³-hybridized carbons (Fsp3) is 0.0952. The van der Waals surface area contributed by atoms with Gasteiger partial charge in [-0.25, -0.2) is 4.68 Å². The Balaban J connectivity index is 1.72. The fourth-order valence-corrected chi connectivity index (χ4v) is 3.48. The Morgan fingerprint density at radius 2 is 1.62 bits per heavy atom. The van der Waals surface area contributed by atoms with Crippen LogP contribution in [-0.4, -0.2) is 21.4 Å². The molecule has 1 N–H and O–H groups in total. The second-order valence-electron chi connectivity index (χ2n) is 6.60. The molecule has 2 aromatic carbocycles. The number of amides is 1. The normalized spacial score (nSPS) is 15.3. The van der Waals surface area contributed by atoms with Crippen LogP contribution in [0.3, 0.4) is 0 Å². The monoisotopic (exact) mass is 470 g/mol. The van der Waals surface area contributed by atoms with Crippen LogP contribution in [-0.2, 0) is 4.79 Å². The number of nitrogens with zero attached hydrogens (tertiary/aromatic N) is 3. The summed E-state index contributed by atoms with van der Waals surface area (Å²) in [6.45, 7) is 3.54. The van der Waals surface area contributed by atoms with E-state index in [0.717, 1.165) is 4.47 Å². The van der Waals surface area contributed by atoms with Gasteiger partial charge < -0.3 is 0 Å². The number of aromatic nitrogens is 2. The van der Waals surface area contributed by atoms with Gasteiger partial charge in [0, 0.05) is 15.2 Å². The van der Waals surface area contributed by atoms with Gasteiger partial charge in [-0.05, 0) is 68.5 Å². The van der Waals surface area contributed by atoms with E-state index in [-0.39, 0.29) is 11.5 Å². The Bertz CT molecular complexity index is 1220. The maximum Gasteiger partial charge on any atom is 0.280 e. The summed E-state index contributed by atoms with van der Waals surface area (Å²) in [5.74, 6) is -0.275. The maximum absolute atomic E-state index is 12.9. The SMILES string of the molecule is CC1=NN(c2ccc(Br)cc2)C(=O)C1=Cc1c(C)[nH]n(-c2ccc(Cl)cc2)c1=O. The van der Waals surface area contributed by atoms with Crippen LogP contribution in [0.25, 0.3) is 11.8 Å². The summed E-state index contributed by atoms with van der Waals surface area (Å²) in [6.07, 6.45) is 1.60. The van der Waals surface area contributed by atoms with Crippen LogP contribution in [0.15, 0.2) is 68.5 Å². The molecular formula is C21H16BrClN4O2. The van der Waals surface area contributed by atoms with Crippen molar-refractivity contribution in [1.82, 2.24) is 9.78 Å². The Morgan fingerprint density at radius 1 is 1.00 bits per heavy atom. The second-order valence-corrected chi connectivity index (χ2v) is 7.96. The molecule has 0 unspecified atom stereocenters. The van der Waals surface area contributed by atoms with Gasteiger partial charge in [0.05, 0.1) is 28.2 Å². The summed E-state index contributed by atoms with van der Waals surface area (Å²) in [4.78, 5) is 25.9. The van der Waals surface area contributed by atoms with Crippen molar-refractivity contribution in [3.63, 3.8) is 0 Å². The average Bonchev–Trinajstić information content (AvgIpc) is 3.14. The molecular weight excluding hydrogens is 456 g/mol. The van der Waals surface area contributed by atoms with Crippen molar-refractivity contribution < 1.29 is 4.79 Å². The van der Waals surface area contributed by atoms with Crippen LogP contribution in [0.4, 0.5) is 5.69 Å². The van der Waals surface area contributed by atoms with Crippen molar-refractivity contribution in [1.29, 1.82) is 0 Å². The molecule has 0 saturated carbocycles. The molecule has 0 aliphatic carbocycles. The van der Waals surface area contributed by atoms with Gasteiger partial charge in [0.1, 0.15) is 0 Å². The number of anilines is 1. The van der Waals surface area contributed by atoms with Crippen molar-refractivity contribution in [2.24, 2.45) is 5.10 Å². The molecule has 0 fully saturated rings. The van der Waals surface area contributed by atoms with Crippen LogP contribution < -0.4 is 10.6 Å². The number of nitrogens with one attached hydrogen (secondary N) is 1. The van der Waals surface area contributed by atoms with Crippen LogP contribution in [0.1, 0.15) is 18.2 Å². The van der Waals surface area contributed by atoms with E-state index >= 15 is 0 Å². The first-order valence-corrected chi connectivity index (χ1v) is 9.97. The number of hydrogen-bond acceptors (Lipinski definition) is 3. The standard InChI is InChI=1S/C21H16BrClN4O2/c1-12-18(20(28)26(24-12)16-7-3-14(22)4-8-16)11-19-13(2)25-27(21(19)29)17-9-5-15(23)6-10-17/h3-11,25H,1-2H3. The van der Waals surface area contributed by atoms with E-state index in [2.05, 4.69) is 26.1 Å². The van der Waals surface area contributed by atoms with E-state index in [1.165, 1.54) is 9.69 Å². The Labute approximate surface area is 180 Å². The Kier molecular flexibility index (Phi) is 5.02. The summed E-state index contributed by atoms with van der Waals surface area (Å²) >= 11 is 9.31. The van der Waals surface area contributed by atoms with Gasteiger partial charge >= 0.3 is 0 Å². The highest BCUT2D eigenvalue weighted by Gasteiger charge is 2.29. The molecule has 1 aromatic heterocycles. The first-order chi connectivity index (χ1) is 13.8. The third-order valence-electron chi connectivity index (χ3n) is 4.62. The number of hydrazone groups is 1. The van der Waals surface area contributed by atoms with E-state index in [9.17, 15) is 9.59 Å². The number of halogens is 2. The van der Waals surface area contributed by atoms with Crippen LogP contribution in [0.2, 0.25) is 5.02 Å². The molecule has 146 valence electrons. The third-order valence-corrected chi connectivity index (χ3v) is 5.40. The van der Waals surface area contributed by atoms with Crippen molar-refractivity contribution in [2.75, 3.05) is 5.01 Å². The number of aryl methyl sites for hydroxylation is 1. The lowest BCUT2D eigenvalue weighted by Gasteiger charge is -2.11. The van der Waals surface area contributed by atoms with Gasteiger partial charge in [0.2, 0.25) is 0 Å². The second kappa shape index (κ2) is 7.50. The fourth-order valence-electron chi connectivity index (χ4n) is 3.09. The lowest BCUT2D eigenvalue weighted by atomic mass is 10.1. The highest BCUT2D eigenvalue weighted by Crippen LogP contribution is 2.26. The third kappa shape index (κ3) is 3.59. The van der Waals surface area contributed by atoms with Gasteiger partial charge in [-0.3, -0.25) is 14.7 Å². The first kappa shape index (κ1) is 19.4. The number of hydrogen-bond donors (Lipinski definition) is 1. The summed E-state index contributed by atoms with van der Waals surface area (Å²) < 4.78 is 2.34. The van der Waals surface area contributed by atoms with Gasteiger partial charge in [-0.1, -0.05) is 27.5 Å². The Morgan fingerprint density at radius 3 is 2.28 bits per heavy atom. The highest BCUT2D eigenvalue weighted by atomic mass is 79.9. The number of rotatable bonds is 3. The minimum absolute atomic E-state index is 0.250. The summed E-state index contributed by atoms with van der Waals surface area (Å²) in [6, 6.07) is 14.2. The van der Waals surface area contributed by atoms with E-state index in [4.69, 9.17) is 11.6 Å². The van der Waals surface area contributed by atoms with Crippen molar-refractivity contribution in [2.45, 2.75) is 13.8 Å². The zero-order valence-electron chi connectivity index (χ0n) is 15.6. The predicted octanol–water partition coefficient (Wildman–Crippen LogP) is 4.70. The van der Waals surface area contributed by atoms with Gasteiger partial charge in [0.25, 0.3) is 11.5 Å². The zero-order valence-corrected chi connectivity index (χ0v) is 18.0. The maximum atomic E-state index is 12.9. The van der Waals surface area contributed by atoms with Crippen molar-refractivity contribution >= 4 is 50.9 Å². The van der Waals surface area contributed by atoms with E-state index in [1.54, 1.807) is 56.3 Å². The van der Waals surface area contributed by atoms with Crippen LogP contribution in [0, 0.1) is 6.92 Å². The summed E-state index contributed by atoms with van der Waals surface area (Å²) in [7, 11) is 0. The topological polar surface area (TPSA) is 70.5 Å². The Hall–Kier alpha value is -2.90. The molecule has 4 rings (SSSR count). The minimum Gasteiger partial charge on any atom is -0.295 e. The van der Waals surface area contributed by atoms with Crippen molar-refractivity contribution in [3.05, 3.63) is 85.2 Å². The molecule has 0 bridgehead atoms. The molecule has 0 saturated heterocycles. The number of benzene rings is 2. The van der Waals surface area contributed by atoms with Gasteiger partial charge in [-0.15, -0.1) is 0 Å². The largest absolute Gasteiger partial charge is 0.295 e. The van der Waals surface area contributed by atoms with Crippen molar-refractivity contribution in [3.8, 4) is 5.69 Å². The molecule has 0 spiro atoms. The van der Waals surface area contributed by atoms with E-state index < -0.39 is 0 Å². The van der Waals surface area contributed by atoms with Gasteiger partial charge in [0.15, 0.2) is 0 Å². The summed E-state index contributed by atoms with van der Waals surface area (Å²) in [5.41, 5.74) is 3.07. The van der Waals surface area contributed by atoms with Crippen LogP contribution >= 0.6 is 27.5 Å². The lowest BCUT2D eigenvalue weighted by molar-refractivity contribution is -0.114. The number of H-pyrrole nitrogens is 1. The van der Waals surface area contributed by atoms with Gasteiger partial charge in [-0.2, -0.15) is 10.1 Å². The quantitative estimate of drug-likeness (QED) is 0.563. The minimum atomic E-state index is -0.275. The number of aromatic amines is 1. The van der Waals surface area contributed by atoms with E-state index in [1.807, 2.05) is 12.1 Å².